The van der Waals surface area contributed by atoms with Crippen LogP contribution in [0.5, 0.6) is 0 Å². The molecule has 2 fully saturated rings. The summed E-state index contributed by atoms with van der Waals surface area (Å²) in [5.74, 6) is -0.205. The number of rotatable bonds is 2. The second kappa shape index (κ2) is 4.63. The van der Waals surface area contributed by atoms with Gasteiger partial charge in [0.1, 0.15) is 6.61 Å². The van der Waals surface area contributed by atoms with E-state index in [1.54, 1.807) is 17.9 Å². The van der Waals surface area contributed by atoms with Crippen molar-refractivity contribution in [2.24, 2.45) is 5.92 Å². The number of esters is 1. The van der Waals surface area contributed by atoms with Gasteiger partial charge in [0.15, 0.2) is 0 Å². The first-order chi connectivity index (χ1) is 8.49. The number of ether oxygens (including phenoxy) is 2. The van der Waals surface area contributed by atoms with Crippen molar-refractivity contribution in [2.45, 2.75) is 32.7 Å². The Morgan fingerprint density at radius 2 is 2.39 bits per heavy atom. The highest BCUT2D eigenvalue weighted by Gasteiger charge is 2.50. The summed E-state index contributed by atoms with van der Waals surface area (Å²) in [5, 5.41) is 0. The van der Waals surface area contributed by atoms with Gasteiger partial charge in [-0.1, -0.05) is 12.5 Å². The van der Waals surface area contributed by atoms with Crippen molar-refractivity contribution < 1.29 is 19.1 Å². The van der Waals surface area contributed by atoms with Crippen LogP contribution in [-0.4, -0.2) is 42.3 Å². The van der Waals surface area contributed by atoms with Gasteiger partial charge in [-0.05, 0) is 20.3 Å². The quantitative estimate of drug-likeness (QED) is 0.555. The van der Waals surface area contributed by atoms with Gasteiger partial charge in [-0.3, -0.25) is 4.90 Å². The van der Waals surface area contributed by atoms with E-state index in [0.29, 0.717) is 26.2 Å². The summed E-state index contributed by atoms with van der Waals surface area (Å²) in [7, 11) is 0. The predicted octanol–water partition coefficient (Wildman–Crippen LogP) is 1.73. The number of hydrogen-bond acceptors (Lipinski definition) is 4. The zero-order valence-corrected chi connectivity index (χ0v) is 11.1. The first-order valence-corrected chi connectivity index (χ1v) is 6.30. The number of cyclic esters (lactones) is 1. The Morgan fingerprint density at radius 3 is 3.06 bits per heavy atom. The van der Waals surface area contributed by atoms with Crippen LogP contribution in [0, 0.1) is 5.92 Å². The maximum atomic E-state index is 11.6. The van der Waals surface area contributed by atoms with E-state index < -0.39 is 0 Å². The zero-order valence-electron chi connectivity index (χ0n) is 11.1. The third-order valence-electron chi connectivity index (χ3n) is 4.03. The Bertz CT molecular complexity index is 404. The maximum absolute atomic E-state index is 11.6. The van der Waals surface area contributed by atoms with Crippen LogP contribution in [0.3, 0.4) is 0 Å². The van der Waals surface area contributed by atoms with Gasteiger partial charge in [0, 0.05) is 18.5 Å². The van der Waals surface area contributed by atoms with E-state index in [1.807, 2.05) is 13.8 Å². The fraction of sp³-hybridized carbons (Fsp3) is 0.692. The molecule has 2 aliphatic rings. The highest BCUT2D eigenvalue weighted by molar-refractivity contribution is 5.83. The summed E-state index contributed by atoms with van der Waals surface area (Å²) in [6, 6.07) is 0. The van der Waals surface area contributed by atoms with Gasteiger partial charge in [-0.25, -0.2) is 9.59 Å². The van der Waals surface area contributed by atoms with Crippen LogP contribution in [0.1, 0.15) is 27.2 Å². The van der Waals surface area contributed by atoms with E-state index in [0.717, 1.165) is 5.57 Å². The van der Waals surface area contributed by atoms with Gasteiger partial charge < -0.3 is 9.47 Å². The number of carbonyl (C=O) groups is 2. The van der Waals surface area contributed by atoms with Crippen molar-refractivity contribution in [3.8, 4) is 0 Å². The highest BCUT2D eigenvalue weighted by atomic mass is 16.6. The Hall–Kier alpha value is -1.52. The van der Waals surface area contributed by atoms with Crippen LogP contribution in [0.25, 0.3) is 0 Å². The third-order valence-corrected chi connectivity index (χ3v) is 4.03. The van der Waals surface area contributed by atoms with Crippen molar-refractivity contribution in [1.29, 1.82) is 0 Å². The SMILES string of the molecule is CCOC(=O)C=C1CCN2C(=O)OC[C@@]2(C)C1C. The molecule has 0 saturated carbocycles. The Balaban J connectivity index is 2.19. The molecule has 18 heavy (non-hydrogen) atoms. The molecule has 0 N–H and O–H groups in total. The molecule has 2 rings (SSSR count). The summed E-state index contributed by atoms with van der Waals surface area (Å²) < 4.78 is 10.0. The summed E-state index contributed by atoms with van der Waals surface area (Å²) in [4.78, 5) is 24.9. The molecule has 5 heteroatoms. The number of carbonyl (C=O) groups excluding carboxylic acids is 2. The minimum Gasteiger partial charge on any atom is -0.463 e. The second-order valence-corrected chi connectivity index (χ2v) is 5.01. The number of hydrogen-bond donors (Lipinski definition) is 0. The second-order valence-electron chi connectivity index (χ2n) is 5.01. The number of nitrogens with zero attached hydrogens (tertiary/aromatic N) is 1. The molecule has 1 unspecified atom stereocenters. The molecule has 0 aliphatic carbocycles. The molecule has 5 nitrogen and oxygen atoms in total. The maximum Gasteiger partial charge on any atom is 0.410 e. The smallest absolute Gasteiger partial charge is 0.410 e. The standard InChI is InChI=1S/C13H19NO4/c1-4-17-11(15)7-10-5-6-14-12(16)18-8-13(14,3)9(10)2/h7,9H,4-6,8H2,1-3H3/t9?,13-/m0/s1. The van der Waals surface area contributed by atoms with Crippen molar-refractivity contribution >= 4 is 12.1 Å². The molecule has 0 aromatic rings. The molecule has 0 spiro atoms. The molecule has 100 valence electrons. The molecule has 1 amide bonds. The predicted molar refractivity (Wildman–Crippen MR) is 65.0 cm³/mol. The number of amides is 1. The first-order valence-electron chi connectivity index (χ1n) is 6.30. The lowest BCUT2D eigenvalue weighted by Gasteiger charge is -2.43. The van der Waals surface area contributed by atoms with E-state index in [4.69, 9.17) is 9.47 Å². The Labute approximate surface area is 107 Å². The monoisotopic (exact) mass is 253 g/mol. The largest absolute Gasteiger partial charge is 0.463 e. The summed E-state index contributed by atoms with van der Waals surface area (Å²) in [6.07, 6.45) is 2.02. The summed E-state index contributed by atoms with van der Waals surface area (Å²) in [6.45, 7) is 7.17. The number of fused-ring (bicyclic) bond motifs is 1. The minimum absolute atomic E-state index is 0.0992. The van der Waals surface area contributed by atoms with E-state index in [2.05, 4.69) is 0 Å². The van der Waals surface area contributed by atoms with E-state index in [-0.39, 0.29) is 23.5 Å². The van der Waals surface area contributed by atoms with Gasteiger partial charge in [0.2, 0.25) is 0 Å². The lowest BCUT2D eigenvalue weighted by molar-refractivity contribution is -0.137. The van der Waals surface area contributed by atoms with Crippen LogP contribution in [0.15, 0.2) is 11.6 Å². The topological polar surface area (TPSA) is 55.8 Å². The van der Waals surface area contributed by atoms with E-state index in [9.17, 15) is 9.59 Å². The van der Waals surface area contributed by atoms with Crippen LogP contribution < -0.4 is 0 Å². The molecule has 2 heterocycles. The molecule has 0 radical (unpaired) electrons. The minimum atomic E-state index is -0.340. The van der Waals surface area contributed by atoms with Crippen LogP contribution in [0.2, 0.25) is 0 Å². The highest BCUT2D eigenvalue weighted by Crippen LogP contribution is 2.40. The fourth-order valence-electron chi connectivity index (χ4n) is 2.67. The van der Waals surface area contributed by atoms with Crippen LogP contribution in [-0.2, 0) is 14.3 Å². The molecule has 2 atom stereocenters. The molecule has 2 saturated heterocycles. The Kier molecular flexibility index (Phi) is 3.32. The molecular weight excluding hydrogens is 234 g/mol. The first kappa shape index (κ1) is 12.9. The van der Waals surface area contributed by atoms with Crippen LogP contribution >= 0.6 is 0 Å². The third kappa shape index (κ3) is 1.98. The van der Waals surface area contributed by atoms with Crippen LogP contribution in [0.4, 0.5) is 4.79 Å². The van der Waals surface area contributed by atoms with Gasteiger partial charge in [-0.2, -0.15) is 0 Å². The Morgan fingerprint density at radius 1 is 1.67 bits per heavy atom. The van der Waals surface area contributed by atoms with Gasteiger partial charge in [-0.15, -0.1) is 0 Å². The van der Waals surface area contributed by atoms with Gasteiger partial charge in [0.05, 0.1) is 12.1 Å². The molecule has 0 aromatic carbocycles. The van der Waals surface area contributed by atoms with E-state index >= 15 is 0 Å². The van der Waals surface area contributed by atoms with Crippen molar-refractivity contribution in [3.05, 3.63) is 11.6 Å². The average molecular weight is 253 g/mol. The lowest BCUT2D eigenvalue weighted by Crippen LogP contribution is -2.53. The van der Waals surface area contributed by atoms with E-state index in [1.165, 1.54) is 0 Å². The zero-order chi connectivity index (χ0) is 13.3. The number of piperidine rings is 1. The lowest BCUT2D eigenvalue weighted by atomic mass is 9.76. The normalized spacial score (nSPS) is 33.3. The van der Waals surface area contributed by atoms with Crippen molar-refractivity contribution in [2.75, 3.05) is 19.8 Å². The van der Waals surface area contributed by atoms with Gasteiger partial charge >= 0.3 is 12.1 Å². The van der Waals surface area contributed by atoms with Gasteiger partial charge in [0.25, 0.3) is 0 Å². The summed E-state index contributed by atoms with van der Waals surface area (Å²) in [5.41, 5.74) is 0.693. The van der Waals surface area contributed by atoms with Crippen molar-refractivity contribution in [1.82, 2.24) is 4.90 Å². The molecule has 0 aromatic heterocycles. The van der Waals surface area contributed by atoms with Crippen molar-refractivity contribution in [3.63, 3.8) is 0 Å². The molecule has 2 aliphatic heterocycles. The average Bonchev–Trinajstić information content (AvgIpc) is 2.62. The summed E-state index contributed by atoms with van der Waals surface area (Å²) >= 11 is 0. The molecular formula is C13H19NO4. The fourth-order valence-corrected chi connectivity index (χ4v) is 2.67. The molecule has 0 bridgehead atoms.